The van der Waals surface area contributed by atoms with Crippen molar-refractivity contribution in [1.82, 2.24) is 0 Å². The second-order valence-electron chi connectivity index (χ2n) is 3.12. The number of primary amides is 1. The molecule has 0 radical (unpaired) electrons. The first kappa shape index (κ1) is 11.2. The van der Waals surface area contributed by atoms with Crippen LogP contribution < -0.4 is 11.1 Å². The number of hydrogen-bond donors (Lipinski definition) is 3. The molecule has 0 saturated carbocycles. The molecular formula is C10H12N2O3. The molecule has 1 rings (SSSR count). The standard InChI is InChI=1S/C10H12N2O3/c1-6-2-3-7(10(11)15)8(4-6)12-9(14)5-13/h2-4,13H,5H2,1H3,(H2,11,15)(H,12,14). The molecule has 5 heteroatoms. The van der Waals surface area contributed by atoms with E-state index in [4.69, 9.17) is 10.8 Å². The number of hydrogen-bond acceptors (Lipinski definition) is 3. The Morgan fingerprint density at radius 3 is 2.67 bits per heavy atom. The Morgan fingerprint density at radius 1 is 1.47 bits per heavy atom. The number of aliphatic hydroxyl groups excluding tert-OH is 1. The van der Waals surface area contributed by atoms with Gasteiger partial charge < -0.3 is 16.2 Å². The summed E-state index contributed by atoms with van der Waals surface area (Å²) < 4.78 is 0. The minimum Gasteiger partial charge on any atom is -0.387 e. The molecule has 0 saturated heterocycles. The van der Waals surface area contributed by atoms with E-state index in [2.05, 4.69) is 5.32 Å². The van der Waals surface area contributed by atoms with Crippen LogP contribution in [-0.2, 0) is 4.79 Å². The normalized spacial score (nSPS) is 9.73. The van der Waals surface area contributed by atoms with Crippen LogP contribution in [0.2, 0.25) is 0 Å². The highest BCUT2D eigenvalue weighted by molar-refractivity contribution is 6.03. The van der Waals surface area contributed by atoms with Gasteiger partial charge in [-0.05, 0) is 24.6 Å². The molecule has 0 aliphatic rings. The molecule has 1 aromatic carbocycles. The molecule has 0 bridgehead atoms. The third-order valence-corrected chi connectivity index (χ3v) is 1.86. The Morgan fingerprint density at radius 2 is 2.13 bits per heavy atom. The summed E-state index contributed by atoms with van der Waals surface area (Å²) in [6, 6.07) is 4.87. The molecule has 4 N–H and O–H groups in total. The van der Waals surface area contributed by atoms with Crippen molar-refractivity contribution in [1.29, 1.82) is 0 Å². The molecule has 0 atom stereocenters. The SMILES string of the molecule is Cc1ccc(C(N)=O)c(NC(=O)CO)c1. The summed E-state index contributed by atoms with van der Waals surface area (Å²) in [5, 5.41) is 11.0. The van der Waals surface area contributed by atoms with Crippen LogP contribution in [0.4, 0.5) is 5.69 Å². The summed E-state index contributed by atoms with van der Waals surface area (Å²) >= 11 is 0. The van der Waals surface area contributed by atoms with Crippen LogP contribution in [0.5, 0.6) is 0 Å². The maximum absolute atomic E-state index is 11.0. The van der Waals surface area contributed by atoms with Gasteiger partial charge in [0.2, 0.25) is 5.91 Å². The number of aliphatic hydroxyl groups is 1. The molecule has 0 heterocycles. The van der Waals surface area contributed by atoms with Gasteiger partial charge in [0.05, 0.1) is 11.3 Å². The van der Waals surface area contributed by atoms with Crippen molar-refractivity contribution in [3.63, 3.8) is 0 Å². The van der Waals surface area contributed by atoms with Gasteiger partial charge in [-0.1, -0.05) is 6.07 Å². The minimum atomic E-state index is -0.633. The molecule has 1 aromatic rings. The van der Waals surface area contributed by atoms with Crippen LogP contribution in [-0.4, -0.2) is 23.5 Å². The Balaban J connectivity index is 3.07. The molecule has 2 amide bonds. The van der Waals surface area contributed by atoms with E-state index in [0.717, 1.165) is 5.56 Å². The Hall–Kier alpha value is -1.88. The van der Waals surface area contributed by atoms with Crippen molar-refractivity contribution in [3.05, 3.63) is 29.3 Å². The fraction of sp³-hybridized carbons (Fsp3) is 0.200. The van der Waals surface area contributed by atoms with Gasteiger partial charge >= 0.3 is 0 Å². The molecule has 5 nitrogen and oxygen atoms in total. The average molecular weight is 208 g/mol. The molecule has 0 aliphatic carbocycles. The van der Waals surface area contributed by atoms with E-state index in [-0.39, 0.29) is 5.56 Å². The monoisotopic (exact) mass is 208 g/mol. The molecule has 0 spiro atoms. The van der Waals surface area contributed by atoms with Gasteiger partial charge in [-0.15, -0.1) is 0 Å². The van der Waals surface area contributed by atoms with Gasteiger partial charge in [0.1, 0.15) is 6.61 Å². The first-order valence-electron chi connectivity index (χ1n) is 4.35. The van der Waals surface area contributed by atoms with Crippen LogP contribution in [0.1, 0.15) is 15.9 Å². The molecule has 0 fully saturated rings. The fourth-order valence-corrected chi connectivity index (χ4v) is 1.17. The third-order valence-electron chi connectivity index (χ3n) is 1.86. The number of anilines is 1. The number of benzene rings is 1. The Kier molecular flexibility index (Phi) is 3.41. The lowest BCUT2D eigenvalue weighted by molar-refractivity contribution is -0.118. The van der Waals surface area contributed by atoms with Gasteiger partial charge in [0, 0.05) is 0 Å². The maximum atomic E-state index is 11.0. The van der Waals surface area contributed by atoms with Gasteiger partial charge in [0.15, 0.2) is 0 Å². The van der Waals surface area contributed by atoms with E-state index in [0.29, 0.717) is 5.69 Å². The van der Waals surface area contributed by atoms with Crippen molar-refractivity contribution in [2.24, 2.45) is 5.73 Å². The number of rotatable bonds is 3. The number of carbonyl (C=O) groups excluding carboxylic acids is 2. The second-order valence-corrected chi connectivity index (χ2v) is 3.12. The van der Waals surface area contributed by atoms with Gasteiger partial charge in [0.25, 0.3) is 5.91 Å². The fourth-order valence-electron chi connectivity index (χ4n) is 1.17. The number of carbonyl (C=O) groups is 2. The van der Waals surface area contributed by atoms with Crippen LogP contribution in [0, 0.1) is 6.92 Å². The molecule has 15 heavy (non-hydrogen) atoms. The molecular weight excluding hydrogens is 196 g/mol. The van der Waals surface area contributed by atoms with E-state index < -0.39 is 18.4 Å². The first-order chi connectivity index (χ1) is 7.04. The highest BCUT2D eigenvalue weighted by Crippen LogP contribution is 2.16. The van der Waals surface area contributed by atoms with Crippen molar-refractivity contribution >= 4 is 17.5 Å². The van der Waals surface area contributed by atoms with Crippen LogP contribution >= 0.6 is 0 Å². The molecule has 0 aliphatic heterocycles. The van der Waals surface area contributed by atoms with Gasteiger partial charge in [-0.3, -0.25) is 9.59 Å². The summed E-state index contributed by atoms with van der Waals surface area (Å²) in [6.45, 7) is 1.19. The van der Waals surface area contributed by atoms with E-state index in [1.165, 1.54) is 6.07 Å². The highest BCUT2D eigenvalue weighted by atomic mass is 16.3. The first-order valence-corrected chi connectivity index (χ1v) is 4.35. The van der Waals surface area contributed by atoms with Crippen LogP contribution in [0.3, 0.4) is 0 Å². The topological polar surface area (TPSA) is 92.4 Å². The summed E-state index contributed by atoms with van der Waals surface area (Å²) in [5.74, 6) is -1.20. The predicted octanol–water partition coefficient (Wildman–Crippen LogP) is 0.0247. The van der Waals surface area contributed by atoms with Crippen LogP contribution in [0.15, 0.2) is 18.2 Å². The quantitative estimate of drug-likeness (QED) is 0.654. The predicted molar refractivity (Wildman–Crippen MR) is 55.4 cm³/mol. The summed E-state index contributed by atoms with van der Waals surface area (Å²) in [6.07, 6.45) is 0. The van der Waals surface area contributed by atoms with Crippen molar-refractivity contribution in [3.8, 4) is 0 Å². The van der Waals surface area contributed by atoms with Gasteiger partial charge in [-0.2, -0.15) is 0 Å². The van der Waals surface area contributed by atoms with Crippen molar-refractivity contribution in [2.45, 2.75) is 6.92 Å². The van der Waals surface area contributed by atoms with Gasteiger partial charge in [-0.25, -0.2) is 0 Å². The Bertz CT molecular complexity index is 402. The molecule has 0 unspecified atom stereocenters. The summed E-state index contributed by atoms with van der Waals surface area (Å²) in [5.41, 5.74) is 6.56. The third kappa shape index (κ3) is 2.78. The van der Waals surface area contributed by atoms with Crippen molar-refractivity contribution < 1.29 is 14.7 Å². The smallest absolute Gasteiger partial charge is 0.250 e. The minimum absolute atomic E-state index is 0.224. The number of nitrogens with one attached hydrogen (secondary N) is 1. The highest BCUT2D eigenvalue weighted by Gasteiger charge is 2.10. The lowest BCUT2D eigenvalue weighted by atomic mass is 10.1. The Labute approximate surface area is 86.9 Å². The number of amides is 2. The summed E-state index contributed by atoms with van der Waals surface area (Å²) in [4.78, 5) is 22.0. The van der Waals surface area contributed by atoms with E-state index in [9.17, 15) is 9.59 Å². The maximum Gasteiger partial charge on any atom is 0.250 e. The zero-order chi connectivity index (χ0) is 11.4. The van der Waals surface area contributed by atoms with Crippen LogP contribution in [0.25, 0.3) is 0 Å². The number of nitrogens with two attached hydrogens (primary N) is 1. The summed E-state index contributed by atoms with van der Waals surface area (Å²) in [7, 11) is 0. The lowest BCUT2D eigenvalue weighted by Crippen LogP contribution is -2.20. The van der Waals surface area contributed by atoms with Crippen molar-refractivity contribution in [2.75, 3.05) is 11.9 Å². The molecule has 80 valence electrons. The lowest BCUT2D eigenvalue weighted by Gasteiger charge is -2.08. The molecule has 0 aromatic heterocycles. The number of aryl methyl sites for hydroxylation is 1. The average Bonchev–Trinajstić information content (AvgIpc) is 2.17. The second kappa shape index (κ2) is 4.56. The zero-order valence-corrected chi connectivity index (χ0v) is 8.28. The van der Waals surface area contributed by atoms with E-state index >= 15 is 0 Å². The largest absolute Gasteiger partial charge is 0.387 e. The van der Waals surface area contributed by atoms with E-state index in [1.54, 1.807) is 12.1 Å². The van der Waals surface area contributed by atoms with E-state index in [1.807, 2.05) is 6.92 Å². The zero-order valence-electron chi connectivity index (χ0n) is 8.28.